The lowest BCUT2D eigenvalue weighted by atomic mass is 10.0. The SMILES string of the molecule is O=C(Nc1cccc(Cl)c1)N1CCC[C@H]1c1ccccc1F. The van der Waals surface area contributed by atoms with E-state index in [-0.39, 0.29) is 17.9 Å². The van der Waals surface area contributed by atoms with Gasteiger partial charge in [-0.25, -0.2) is 9.18 Å². The molecule has 0 saturated carbocycles. The van der Waals surface area contributed by atoms with E-state index in [0.717, 1.165) is 12.8 Å². The predicted octanol–water partition coefficient (Wildman–Crippen LogP) is 4.85. The van der Waals surface area contributed by atoms with Gasteiger partial charge in [0.15, 0.2) is 0 Å². The van der Waals surface area contributed by atoms with Crippen LogP contribution in [0.5, 0.6) is 0 Å². The minimum Gasteiger partial charge on any atom is -0.317 e. The van der Waals surface area contributed by atoms with Crippen molar-refractivity contribution in [1.29, 1.82) is 0 Å². The van der Waals surface area contributed by atoms with Crippen molar-refractivity contribution < 1.29 is 9.18 Å². The Balaban J connectivity index is 1.78. The molecule has 1 atom stereocenters. The average molecular weight is 319 g/mol. The van der Waals surface area contributed by atoms with E-state index in [2.05, 4.69) is 5.32 Å². The Labute approximate surface area is 133 Å². The van der Waals surface area contributed by atoms with Crippen molar-refractivity contribution in [1.82, 2.24) is 4.90 Å². The minimum atomic E-state index is -0.269. The number of hydrogen-bond donors (Lipinski definition) is 1. The number of nitrogens with one attached hydrogen (secondary N) is 1. The zero-order valence-corrected chi connectivity index (χ0v) is 12.7. The molecule has 1 N–H and O–H groups in total. The molecule has 0 radical (unpaired) electrons. The molecule has 1 saturated heterocycles. The van der Waals surface area contributed by atoms with E-state index in [1.165, 1.54) is 6.07 Å². The highest BCUT2D eigenvalue weighted by Crippen LogP contribution is 2.33. The molecular weight excluding hydrogens is 303 g/mol. The summed E-state index contributed by atoms with van der Waals surface area (Å²) in [5, 5.41) is 3.38. The molecule has 114 valence electrons. The zero-order valence-electron chi connectivity index (χ0n) is 11.9. The van der Waals surface area contributed by atoms with Crippen molar-refractivity contribution in [3.05, 3.63) is 64.9 Å². The van der Waals surface area contributed by atoms with Crippen LogP contribution in [0.4, 0.5) is 14.9 Å². The maximum atomic E-state index is 14.0. The molecular formula is C17H16ClFN2O. The molecule has 1 heterocycles. The van der Waals surface area contributed by atoms with Crippen LogP contribution in [0.15, 0.2) is 48.5 Å². The summed E-state index contributed by atoms with van der Waals surface area (Å²) < 4.78 is 14.0. The van der Waals surface area contributed by atoms with Gasteiger partial charge in [-0.1, -0.05) is 35.9 Å². The van der Waals surface area contributed by atoms with Gasteiger partial charge in [-0.05, 0) is 37.1 Å². The van der Waals surface area contributed by atoms with Gasteiger partial charge in [-0.3, -0.25) is 0 Å². The largest absolute Gasteiger partial charge is 0.322 e. The van der Waals surface area contributed by atoms with Gasteiger partial charge in [0.25, 0.3) is 0 Å². The molecule has 2 amide bonds. The van der Waals surface area contributed by atoms with Crippen LogP contribution in [0.1, 0.15) is 24.4 Å². The summed E-state index contributed by atoms with van der Waals surface area (Å²) in [6, 6.07) is 13.2. The van der Waals surface area contributed by atoms with E-state index in [1.807, 2.05) is 0 Å². The third kappa shape index (κ3) is 3.07. The van der Waals surface area contributed by atoms with Crippen molar-refractivity contribution in [3.8, 4) is 0 Å². The number of carbonyl (C=O) groups is 1. The number of benzene rings is 2. The summed E-state index contributed by atoms with van der Waals surface area (Å²) in [5.41, 5.74) is 1.21. The van der Waals surface area contributed by atoms with Gasteiger partial charge in [0.05, 0.1) is 6.04 Å². The van der Waals surface area contributed by atoms with Crippen LogP contribution in [-0.2, 0) is 0 Å². The lowest BCUT2D eigenvalue weighted by molar-refractivity contribution is 0.206. The third-order valence-corrected chi connectivity index (χ3v) is 4.09. The lowest BCUT2D eigenvalue weighted by Crippen LogP contribution is -2.34. The normalized spacial score (nSPS) is 17.5. The van der Waals surface area contributed by atoms with Gasteiger partial charge in [-0.2, -0.15) is 0 Å². The first-order valence-electron chi connectivity index (χ1n) is 7.23. The van der Waals surface area contributed by atoms with Crippen LogP contribution >= 0.6 is 11.6 Å². The number of hydrogen-bond acceptors (Lipinski definition) is 1. The van der Waals surface area contributed by atoms with Gasteiger partial charge in [-0.15, -0.1) is 0 Å². The van der Waals surface area contributed by atoms with E-state index < -0.39 is 0 Å². The number of nitrogens with zero attached hydrogens (tertiary/aromatic N) is 1. The van der Waals surface area contributed by atoms with Crippen LogP contribution in [-0.4, -0.2) is 17.5 Å². The number of halogens is 2. The Hall–Kier alpha value is -2.07. The first kappa shape index (κ1) is 14.9. The van der Waals surface area contributed by atoms with Gasteiger partial charge < -0.3 is 10.2 Å². The maximum absolute atomic E-state index is 14.0. The number of anilines is 1. The Bertz CT molecular complexity index is 692. The topological polar surface area (TPSA) is 32.3 Å². The average Bonchev–Trinajstić information content (AvgIpc) is 2.97. The second-order valence-electron chi connectivity index (χ2n) is 5.31. The zero-order chi connectivity index (χ0) is 15.5. The minimum absolute atomic E-state index is 0.222. The molecule has 0 aliphatic carbocycles. The maximum Gasteiger partial charge on any atom is 0.322 e. The number of carbonyl (C=O) groups excluding carboxylic acids is 1. The van der Waals surface area contributed by atoms with Gasteiger partial charge in [0, 0.05) is 22.8 Å². The fourth-order valence-electron chi connectivity index (χ4n) is 2.84. The summed E-state index contributed by atoms with van der Waals surface area (Å²) in [6.45, 7) is 0.616. The highest BCUT2D eigenvalue weighted by molar-refractivity contribution is 6.30. The molecule has 0 spiro atoms. The molecule has 5 heteroatoms. The van der Waals surface area contributed by atoms with Crippen molar-refractivity contribution in [2.45, 2.75) is 18.9 Å². The number of rotatable bonds is 2. The van der Waals surface area contributed by atoms with Gasteiger partial charge >= 0.3 is 6.03 Å². The van der Waals surface area contributed by atoms with E-state index in [4.69, 9.17) is 11.6 Å². The highest BCUT2D eigenvalue weighted by Gasteiger charge is 2.31. The first-order chi connectivity index (χ1) is 10.6. The summed E-state index contributed by atoms with van der Waals surface area (Å²) in [5.74, 6) is -0.269. The quantitative estimate of drug-likeness (QED) is 0.843. The van der Waals surface area contributed by atoms with Gasteiger partial charge in [0.1, 0.15) is 5.82 Å². The van der Waals surface area contributed by atoms with E-state index >= 15 is 0 Å². The molecule has 2 aromatic rings. The molecule has 1 aliphatic rings. The van der Waals surface area contributed by atoms with Crippen LogP contribution in [0.2, 0.25) is 5.02 Å². The molecule has 3 nitrogen and oxygen atoms in total. The summed E-state index contributed by atoms with van der Waals surface area (Å²) >= 11 is 5.92. The molecule has 0 bridgehead atoms. The Morgan fingerprint density at radius 1 is 1.23 bits per heavy atom. The predicted molar refractivity (Wildman–Crippen MR) is 85.6 cm³/mol. The second-order valence-corrected chi connectivity index (χ2v) is 5.75. The molecule has 0 unspecified atom stereocenters. The lowest BCUT2D eigenvalue weighted by Gasteiger charge is -2.25. The number of likely N-dealkylation sites (tertiary alicyclic amines) is 1. The summed E-state index contributed by atoms with van der Waals surface area (Å²) in [6.07, 6.45) is 1.63. The molecule has 1 aliphatic heterocycles. The van der Waals surface area contributed by atoms with Crippen molar-refractivity contribution in [2.75, 3.05) is 11.9 Å². The third-order valence-electron chi connectivity index (χ3n) is 3.85. The molecule has 3 rings (SSSR count). The van der Waals surface area contributed by atoms with Crippen LogP contribution in [0, 0.1) is 5.82 Å². The first-order valence-corrected chi connectivity index (χ1v) is 7.60. The fraction of sp³-hybridized carbons (Fsp3) is 0.235. The van der Waals surface area contributed by atoms with E-state index in [0.29, 0.717) is 22.8 Å². The van der Waals surface area contributed by atoms with Crippen molar-refractivity contribution in [2.24, 2.45) is 0 Å². The fourth-order valence-corrected chi connectivity index (χ4v) is 3.03. The standard InChI is InChI=1S/C17H16ClFN2O/c18-12-5-3-6-13(11-12)20-17(22)21-10-4-9-16(21)14-7-1-2-8-15(14)19/h1-3,5-8,11,16H,4,9-10H2,(H,20,22)/t16-/m0/s1. The number of urea groups is 1. The van der Waals surface area contributed by atoms with Crippen molar-refractivity contribution in [3.63, 3.8) is 0 Å². The summed E-state index contributed by atoms with van der Waals surface area (Å²) in [4.78, 5) is 14.2. The van der Waals surface area contributed by atoms with Crippen LogP contribution in [0.3, 0.4) is 0 Å². The van der Waals surface area contributed by atoms with Crippen LogP contribution < -0.4 is 5.32 Å². The monoisotopic (exact) mass is 318 g/mol. The Morgan fingerprint density at radius 2 is 2.05 bits per heavy atom. The van der Waals surface area contributed by atoms with Crippen LogP contribution in [0.25, 0.3) is 0 Å². The molecule has 2 aromatic carbocycles. The Kier molecular flexibility index (Phi) is 4.29. The second kappa shape index (κ2) is 6.36. The number of amides is 2. The summed E-state index contributed by atoms with van der Waals surface area (Å²) in [7, 11) is 0. The molecule has 1 fully saturated rings. The smallest absolute Gasteiger partial charge is 0.317 e. The Morgan fingerprint density at radius 3 is 2.82 bits per heavy atom. The van der Waals surface area contributed by atoms with E-state index in [9.17, 15) is 9.18 Å². The van der Waals surface area contributed by atoms with E-state index in [1.54, 1.807) is 47.4 Å². The van der Waals surface area contributed by atoms with Gasteiger partial charge in [0.2, 0.25) is 0 Å². The molecule has 0 aromatic heterocycles. The molecule has 22 heavy (non-hydrogen) atoms. The highest BCUT2D eigenvalue weighted by atomic mass is 35.5. The van der Waals surface area contributed by atoms with Crippen molar-refractivity contribution >= 4 is 23.3 Å².